The molecule has 0 radical (unpaired) electrons. The minimum Gasteiger partial charge on any atom is -0.473 e. The van der Waals surface area contributed by atoms with Crippen molar-refractivity contribution in [3.63, 3.8) is 0 Å². The lowest BCUT2D eigenvalue weighted by Gasteiger charge is -2.20. The summed E-state index contributed by atoms with van der Waals surface area (Å²) in [6.45, 7) is 6.24. The van der Waals surface area contributed by atoms with E-state index in [1.807, 2.05) is 0 Å². The van der Waals surface area contributed by atoms with E-state index < -0.39 is 0 Å². The largest absolute Gasteiger partial charge is 0.473 e. The first-order valence-corrected chi connectivity index (χ1v) is 7.50. The second-order valence-electron chi connectivity index (χ2n) is 6.19. The van der Waals surface area contributed by atoms with E-state index in [2.05, 4.69) is 43.0 Å². The minimum absolute atomic E-state index is 0.214. The van der Waals surface area contributed by atoms with Crippen molar-refractivity contribution in [1.82, 2.24) is 9.88 Å². The SMILES string of the molecule is Cc1cccc2cc3c(nc12)OC(C)CN(C1CC1)C3. The zero-order valence-corrected chi connectivity index (χ0v) is 12.1. The second-order valence-corrected chi connectivity index (χ2v) is 6.19. The summed E-state index contributed by atoms with van der Waals surface area (Å²) in [6.07, 6.45) is 2.88. The van der Waals surface area contributed by atoms with Crippen LogP contribution in [-0.2, 0) is 6.54 Å². The van der Waals surface area contributed by atoms with Crippen LogP contribution >= 0.6 is 0 Å². The molecule has 0 saturated heterocycles. The normalized spacial score (nSPS) is 23.2. The highest BCUT2D eigenvalue weighted by atomic mass is 16.5. The van der Waals surface area contributed by atoms with E-state index in [1.54, 1.807) is 0 Å². The highest BCUT2D eigenvalue weighted by Crippen LogP contribution is 2.34. The highest BCUT2D eigenvalue weighted by Gasteiger charge is 2.33. The summed E-state index contributed by atoms with van der Waals surface area (Å²) in [4.78, 5) is 7.35. The number of hydrogen-bond donors (Lipinski definition) is 0. The fourth-order valence-corrected chi connectivity index (χ4v) is 3.15. The van der Waals surface area contributed by atoms with Gasteiger partial charge in [-0.05, 0) is 38.3 Å². The molecule has 1 aliphatic heterocycles. The molecule has 3 nitrogen and oxygen atoms in total. The first kappa shape index (κ1) is 12.2. The fourth-order valence-electron chi connectivity index (χ4n) is 3.15. The molecule has 4 rings (SSSR count). The van der Waals surface area contributed by atoms with Gasteiger partial charge in [-0.2, -0.15) is 0 Å². The van der Waals surface area contributed by atoms with Crippen LogP contribution in [0.1, 0.15) is 30.9 Å². The van der Waals surface area contributed by atoms with Gasteiger partial charge in [0.25, 0.3) is 0 Å². The number of rotatable bonds is 1. The van der Waals surface area contributed by atoms with Crippen molar-refractivity contribution in [2.24, 2.45) is 0 Å². The fraction of sp³-hybridized carbons (Fsp3) is 0.471. The van der Waals surface area contributed by atoms with Crippen LogP contribution < -0.4 is 4.74 Å². The Morgan fingerprint density at radius 2 is 2.15 bits per heavy atom. The molecule has 2 heterocycles. The molecule has 1 unspecified atom stereocenters. The highest BCUT2D eigenvalue weighted by molar-refractivity contribution is 5.83. The molecule has 2 aromatic rings. The van der Waals surface area contributed by atoms with E-state index >= 15 is 0 Å². The van der Waals surface area contributed by atoms with E-state index in [0.29, 0.717) is 0 Å². The van der Waals surface area contributed by atoms with Crippen molar-refractivity contribution in [2.75, 3.05) is 6.54 Å². The minimum atomic E-state index is 0.214. The molecule has 3 heteroatoms. The lowest BCUT2D eigenvalue weighted by atomic mass is 10.1. The van der Waals surface area contributed by atoms with Crippen molar-refractivity contribution in [2.45, 2.75) is 45.4 Å². The Labute approximate surface area is 119 Å². The van der Waals surface area contributed by atoms with Gasteiger partial charge in [0, 0.05) is 30.1 Å². The Bertz CT molecular complexity index is 663. The maximum atomic E-state index is 6.08. The number of hydrogen-bond acceptors (Lipinski definition) is 3. The molecule has 1 aromatic heterocycles. The van der Waals surface area contributed by atoms with Crippen LogP contribution in [0.25, 0.3) is 10.9 Å². The molecule has 0 amide bonds. The van der Waals surface area contributed by atoms with Gasteiger partial charge in [0.2, 0.25) is 5.88 Å². The monoisotopic (exact) mass is 268 g/mol. The van der Waals surface area contributed by atoms with Gasteiger partial charge in [-0.25, -0.2) is 4.98 Å². The standard InChI is InChI=1S/C17H20N2O/c1-11-4-3-5-13-8-14-10-19(15-6-7-15)9-12(2)20-17(14)18-16(11)13/h3-5,8,12,15H,6-7,9-10H2,1-2H3. The lowest BCUT2D eigenvalue weighted by molar-refractivity contribution is 0.152. The molecule has 0 spiro atoms. The summed E-state index contributed by atoms with van der Waals surface area (Å²) in [5, 5.41) is 1.22. The van der Waals surface area contributed by atoms with Gasteiger partial charge in [0.1, 0.15) is 6.10 Å². The van der Waals surface area contributed by atoms with E-state index in [-0.39, 0.29) is 6.10 Å². The van der Waals surface area contributed by atoms with Crippen molar-refractivity contribution >= 4 is 10.9 Å². The Morgan fingerprint density at radius 3 is 2.95 bits per heavy atom. The number of aromatic nitrogens is 1. The molecule has 0 bridgehead atoms. The van der Waals surface area contributed by atoms with E-state index in [1.165, 1.54) is 29.4 Å². The number of para-hydroxylation sites is 1. The predicted octanol–water partition coefficient (Wildman–Crippen LogP) is 3.29. The molecule has 20 heavy (non-hydrogen) atoms. The van der Waals surface area contributed by atoms with Crippen molar-refractivity contribution in [3.8, 4) is 5.88 Å². The molecule has 104 valence electrons. The first-order chi connectivity index (χ1) is 9.70. The van der Waals surface area contributed by atoms with Crippen LogP contribution in [0, 0.1) is 6.92 Å². The molecule has 1 fully saturated rings. The van der Waals surface area contributed by atoms with Crippen molar-refractivity contribution < 1.29 is 4.74 Å². The van der Waals surface area contributed by atoms with Crippen LogP contribution in [0.15, 0.2) is 24.3 Å². The van der Waals surface area contributed by atoms with Gasteiger partial charge in [-0.3, -0.25) is 4.90 Å². The van der Waals surface area contributed by atoms with Crippen LogP contribution in [0.3, 0.4) is 0 Å². The molecular formula is C17H20N2O. The summed E-state index contributed by atoms with van der Waals surface area (Å²) in [6, 6.07) is 9.38. The first-order valence-electron chi connectivity index (χ1n) is 7.50. The summed E-state index contributed by atoms with van der Waals surface area (Å²) >= 11 is 0. The van der Waals surface area contributed by atoms with E-state index in [9.17, 15) is 0 Å². The van der Waals surface area contributed by atoms with Gasteiger partial charge >= 0.3 is 0 Å². The van der Waals surface area contributed by atoms with E-state index in [4.69, 9.17) is 9.72 Å². The second kappa shape index (κ2) is 4.45. The van der Waals surface area contributed by atoms with Crippen LogP contribution in [0.2, 0.25) is 0 Å². The number of nitrogens with zero attached hydrogens (tertiary/aromatic N) is 2. The summed E-state index contributed by atoms with van der Waals surface area (Å²) < 4.78 is 6.08. The summed E-state index contributed by atoms with van der Waals surface area (Å²) in [5.41, 5.74) is 3.52. The molecule has 1 aromatic carbocycles. The average molecular weight is 268 g/mol. The van der Waals surface area contributed by atoms with Gasteiger partial charge in [0.15, 0.2) is 0 Å². The number of benzene rings is 1. The maximum Gasteiger partial charge on any atom is 0.218 e. The summed E-state index contributed by atoms with van der Waals surface area (Å²) in [5.74, 6) is 0.836. The zero-order chi connectivity index (χ0) is 13.7. The quantitative estimate of drug-likeness (QED) is 0.793. The third-order valence-corrected chi connectivity index (χ3v) is 4.33. The number of pyridine rings is 1. The van der Waals surface area contributed by atoms with Crippen molar-refractivity contribution in [3.05, 3.63) is 35.4 Å². The predicted molar refractivity (Wildman–Crippen MR) is 80.0 cm³/mol. The van der Waals surface area contributed by atoms with Crippen LogP contribution in [0.4, 0.5) is 0 Å². The smallest absolute Gasteiger partial charge is 0.218 e. The van der Waals surface area contributed by atoms with Crippen LogP contribution in [-0.4, -0.2) is 28.6 Å². The average Bonchev–Trinajstić information content (AvgIpc) is 3.23. The maximum absolute atomic E-state index is 6.08. The van der Waals surface area contributed by atoms with Gasteiger partial charge in [0.05, 0.1) is 5.52 Å². The Morgan fingerprint density at radius 1 is 1.30 bits per heavy atom. The van der Waals surface area contributed by atoms with Crippen molar-refractivity contribution in [1.29, 1.82) is 0 Å². The topological polar surface area (TPSA) is 25.4 Å². The van der Waals surface area contributed by atoms with E-state index in [0.717, 1.165) is 30.5 Å². The third kappa shape index (κ3) is 2.06. The van der Waals surface area contributed by atoms with Crippen LogP contribution in [0.5, 0.6) is 5.88 Å². The molecule has 1 aliphatic carbocycles. The Kier molecular flexibility index (Phi) is 2.71. The number of ether oxygens (including phenoxy) is 1. The van der Waals surface area contributed by atoms with Gasteiger partial charge in [-0.1, -0.05) is 18.2 Å². The molecule has 0 N–H and O–H groups in total. The number of fused-ring (bicyclic) bond motifs is 2. The lowest BCUT2D eigenvalue weighted by Crippen LogP contribution is -2.32. The third-order valence-electron chi connectivity index (χ3n) is 4.33. The molecule has 1 saturated carbocycles. The summed E-state index contributed by atoms with van der Waals surface area (Å²) in [7, 11) is 0. The Hall–Kier alpha value is -1.61. The van der Waals surface area contributed by atoms with Gasteiger partial charge < -0.3 is 4.74 Å². The molecular weight excluding hydrogens is 248 g/mol. The molecule has 2 aliphatic rings. The molecule has 1 atom stereocenters. The number of aryl methyl sites for hydroxylation is 1. The Balaban J connectivity index is 1.82. The zero-order valence-electron chi connectivity index (χ0n) is 12.1. The van der Waals surface area contributed by atoms with Gasteiger partial charge in [-0.15, -0.1) is 0 Å².